The van der Waals surface area contributed by atoms with Gasteiger partial charge in [0.15, 0.2) is 0 Å². The molecular formula is C9H18N4O4S. The third-order valence-corrected chi connectivity index (χ3v) is 2.72. The minimum Gasteiger partial charge on any atom is -0.480 e. The molecular weight excluding hydrogens is 260 g/mol. The zero-order valence-corrected chi connectivity index (χ0v) is 11.1. The molecule has 0 saturated heterocycles. The number of carbonyl (C=O) groups is 2. The van der Waals surface area contributed by atoms with Crippen molar-refractivity contribution in [3.05, 3.63) is 0 Å². The first kappa shape index (κ1) is 16.5. The number of carboxylic acid groups (broad SMARTS) is 2. The Morgan fingerprint density at radius 1 is 1.50 bits per heavy atom. The van der Waals surface area contributed by atoms with Crippen molar-refractivity contribution in [2.45, 2.75) is 12.5 Å². The zero-order chi connectivity index (χ0) is 14.1. The lowest BCUT2D eigenvalue weighted by molar-refractivity contribution is -0.139. The van der Waals surface area contributed by atoms with Gasteiger partial charge in [0.05, 0.1) is 0 Å². The Morgan fingerprint density at radius 2 is 2.11 bits per heavy atom. The second-order valence-corrected chi connectivity index (χ2v) is 4.38. The van der Waals surface area contributed by atoms with Crippen molar-refractivity contribution in [1.29, 1.82) is 0 Å². The van der Waals surface area contributed by atoms with Crippen LogP contribution in [0.4, 0.5) is 0 Å². The number of likely N-dealkylation sites (N-methyl/N-ethyl adjacent to an activating group) is 1. The van der Waals surface area contributed by atoms with E-state index < -0.39 is 18.0 Å². The van der Waals surface area contributed by atoms with Crippen molar-refractivity contribution < 1.29 is 19.8 Å². The summed E-state index contributed by atoms with van der Waals surface area (Å²) in [6.07, 6.45) is 0.312. The summed E-state index contributed by atoms with van der Waals surface area (Å²) < 4.78 is 2.85. The van der Waals surface area contributed by atoms with Crippen molar-refractivity contribution in [1.82, 2.24) is 9.62 Å². The SMILES string of the molecule is CN=C(NSCCC(N)C(=O)O)N(C)CC(=O)O. The number of aliphatic imine (C=N–C) groups is 1. The molecule has 104 valence electrons. The summed E-state index contributed by atoms with van der Waals surface area (Å²) in [6, 6.07) is -0.891. The Hall–Kier alpha value is -1.48. The summed E-state index contributed by atoms with van der Waals surface area (Å²) in [4.78, 5) is 26.3. The summed E-state index contributed by atoms with van der Waals surface area (Å²) in [7, 11) is 3.12. The number of nitrogens with two attached hydrogens (primary N) is 1. The van der Waals surface area contributed by atoms with Crippen LogP contribution in [0.2, 0.25) is 0 Å². The number of rotatable bonds is 7. The molecule has 0 aliphatic carbocycles. The molecule has 0 fully saturated rings. The van der Waals surface area contributed by atoms with E-state index in [1.165, 1.54) is 23.9 Å². The van der Waals surface area contributed by atoms with Gasteiger partial charge in [-0.15, -0.1) is 0 Å². The number of nitrogens with zero attached hydrogens (tertiary/aromatic N) is 2. The van der Waals surface area contributed by atoms with Crippen LogP contribution in [-0.4, -0.2) is 65.4 Å². The molecule has 1 unspecified atom stereocenters. The lowest BCUT2D eigenvalue weighted by Gasteiger charge is -2.19. The lowest BCUT2D eigenvalue weighted by Crippen LogP contribution is -2.39. The standard InChI is InChI=1S/C9H18N4O4S/c1-11-9(13(2)5-7(14)15)12-18-4-3-6(10)8(16)17/h6H,3-5,10H2,1-2H3,(H,11,12)(H,14,15)(H,16,17). The van der Waals surface area contributed by atoms with Crippen molar-refractivity contribution in [3.8, 4) is 0 Å². The maximum absolute atomic E-state index is 10.5. The van der Waals surface area contributed by atoms with E-state index in [1.54, 1.807) is 7.05 Å². The van der Waals surface area contributed by atoms with Crippen LogP contribution in [0.15, 0.2) is 4.99 Å². The summed E-state index contributed by atoms with van der Waals surface area (Å²) in [5, 5.41) is 17.2. The first-order valence-corrected chi connectivity index (χ1v) is 6.13. The molecule has 0 aromatic rings. The highest BCUT2D eigenvalue weighted by molar-refractivity contribution is 7.97. The topological polar surface area (TPSA) is 128 Å². The molecule has 5 N–H and O–H groups in total. The monoisotopic (exact) mass is 278 g/mol. The molecule has 8 nitrogen and oxygen atoms in total. The van der Waals surface area contributed by atoms with E-state index in [0.717, 1.165) is 0 Å². The van der Waals surface area contributed by atoms with Gasteiger partial charge in [0.25, 0.3) is 0 Å². The van der Waals surface area contributed by atoms with Crippen LogP contribution in [-0.2, 0) is 9.59 Å². The van der Waals surface area contributed by atoms with E-state index in [1.807, 2.05) is 0 Å². The molecule has 0 bridgehead atoms. The molecule has 9 heteroatoms. The van der Waals surface area contributed by atoms with Gasteiger partial charge in [-0.25, -0.2) is 0 Å². The molecule has 0 aromatic heterocycles. The number of nitrogens with one attached hydrogen (secondary N) is 1. The molecule has 0 spiro atoms. The average Bonchev–Trinajstić information content (AvgIpc) is 2.27. The highest BCUT2D eigenvalue weighted by Gasteiger charge is 2.12. The van der Waals surface area contributed by atoms with Crippen LogP contribution in [0, 0.1) is 0 Å². The molecule has 0 radical (unpaired) electrons. The van der Waals surface area contributed by atoms with Crippen molar-refractivity contribution >= 4 is 29.8 Å². The van der Waals surface area contributed by atoms with Crippen molar-refractivity contribution in [2.24, 2.45) is 10.7 Å². The Morgan fingerprint density at radius 3 is 2.56 bits per heavy atom. The Balaban J connectivity index is 3.95. The molecule has 0 aliphatic heterocycles. The first-order chi connectivity index (χ1) is 8.38. The minimum absolute atomic E-state index is 0.172. The van der Waals surface area contributed by atoms with Gasteiger partial charge in [-0.1, -0.05) is 11.9 Å². The maximum atomic E-state index is 10.5. The molecule has 1 atom stereocenters. The van der Waals surface area contributed by atoms with E-state index >= 15 is 0 Å². The van der Waals surface area contributed by atoms with Gasteiger partial charge in [0.1, 0.15) is 12.6 Å². The van der Waals surface area contributed by atoms with Gasteiger partial charge >= 0.3 is 11.9 Å². The van der Waals surface area contributed by atoms with E-state index in [9.17, 15) is 9.59 Å². The van der Waals surface area contributed by atoms with Gasteiger partial charge in [0, 0.05) is 19.8 Å². The molecule has 0 amide bonds. The highest BCUT2D eigenvalue weighted by atomic mass is 32.2. The van der Waals surface area contributed by atoms with Crippen LogP contribution in [0.1, 0.15) is 6.42 Å². The average molecular weight is 278 g/mol. The number of hydrogen-bond donors (Lipinski definition) is 4. The molecule has 0 heterocycles. The van der Waals surface area contributed by atoms with E-state index in [-0.39, 0.29) is 6.54 Å². The summed E-state index contributed by atoms with van der Waals surface area (Å²) in [5.74, 6) is -1.11. The fraction of sp³-hybridized carbons (Fsp3) is 0.667. The quantitative estimate of drug-likeness (QED) is 0.203. The fourth-order valence-electron chi connectivity index (χ4n) is 0.997. The Kier molecular flexibility index (Phi) is 7.88. The smallest absolute Gasteiger partial charge is 0.323 e. The van der Waals surface area contributed by atoms with E-state index in [2.05, 4.69) is 9.71 Å². The lowest BCUT2D eigenvalue weighted by atomic mass is 10.2. The van der Waals surface area contributed by atoms with E-state index in [0.29, 0.717) is 18.1 Å². The second-order valence-electron chi connectivity index (χ2n) is 3.48. The summed E-state index contributed by atoms with van der Waals surface area (Å²) >= 11 is 1.23. The maximum Gasteiger partial charge on any atom is 0.323 e. The van der Waals surface area contributed by atoms with Gasteiger partial charge in [-0.3, -0.25) is 14.6 Å². The van der Waals surface area contributed by atoms with Crippen molar-refractivity contribution in [2.75, 3.05) is 26.4 Å². The Labute approximate surface area is 109 Å². The molecule has 0 aliphatic rings. The van der Waals surface area contributed by atoms with Crippen LogP contribution in [0.3, 0.4) is 0 Å². The number of carboxylic acids is 2. The third-order valence-electron chi connectivity index (χ3n) is 1.96. The van der Waals surface area contributed by atoms with Gasteiger partial charge < -0.3 is 25.6 Å². The normalized spacial score (nSPS) is 12.9. The summed E-state index contributed by atoms with van der Waals surface area (Å²) in [6.45, 7) is -0.172. The van der Waals surface area contributed by atoms with Crippen molar-refractivity contribution in [3.63, 3.8) is 0 Å². The Bertz CT molecular complexity index is 324. The van der Waals surface area contributed by atoms with Gasteiger partial charge in [-0.05, 0) is 6.42 Å². The predicted octanol–water partition coefficient (Wildman–Crippen LogP) is -0.972. The molecule has 0 rings (SSSR count). The van der Waals surface area contributed by atoms with Gasteiger partial charge in [-0.2, -0.15) is 0 Å². The molecule has 0 saturated carbocycles. The van der Waals surface area contributed by atoms with Gasteiger partial charge in [0.2, 0.25) is 5.96 Å². The number of guanidine groups is 1. The highest BCUT2D eigenvalue weighted by Crippen LogP contribution is 2.01. The van der Waals surface area contributed by atoms with Crippen LogP contribution < -0.4 is 10.5 Å². The third kappa shape index (κ3) is 6.97. The fourth-order valence-corrected chi connectivity index (χ4v) is 1.85. The predicted molar refractivity (Wildman–Crippen MR) is 69.4 cm³/mol. The van der Waals surface area contributed by atoms with Crippen LogP contribution in [0.5, 0.6) is 0 Å². The first-order valence-electron chi connectivity index (χ1n) is 5.14. The molecule has 0 aromatic carbocycles. The second kappa shape index (κ2) is 8.59. The minimum atomic E-state index is -1.04. The zero-order valence-electron chi connectivity index (χ0n) is 10.3. The summed E-state index contributed by atoms with van der Waals surface area (Å²) in [5.41, 5.74) is 5.33. The largest absolute Gasteiger partial charge is 0.480 e. The number of aliphatic carboxylic acids is 2. The van der Waals surface area contributed by atoms with E-state index in [4.69, 9.17) is 15.9 Å². The van der Waals surface area contributed by atoms with Crippen LogP contribution >= 0.6 is 11.9 Å². The molecule has 18 heavy (non-hydrogen) atoms. The van der Waals surface area contributed by atoms with Crippen LogP contribution in [0.25, 0.3) is 0 Å². The number of hydrogen-bond acceptors (Lipinski definition) is 5.